The maximum absolute atomic E-state index is 12.6. The van der Waals surface area contributed by atoms with Crippen molar-refractivity contribution in [1.29, 1.82) is 0 Å². The summed E-state index contributed by atoms with van der Waals surface area (Å²) in [6.45, 7) is 3.62. The Kier molecular flexibility index (Phi) is 5.50. The van der Waals surface area contributed by atoms with Gasteiger partial charge in [0.1, 0.15) is 0 Å². The van der Waals surface area contributed by atoms with Crippen molar-refractivity contribution >= 4 is 0 Å². The van der Waals surface area contributed by atoms with E-state index in [9.17, 15) is 13.2 Å². The lowest BCUT2D eigenvalue weighted by Crippen LogP contribution is -2.37. The van der Waals surface area contributed by atoms with Gasteiger partial charge < -0.3 is 5.73 Å². The molecule has 0 aromatic carbocycles. The van der Waals surface area contributed by atoms with Gasteiger partial charge in [-0.2, -0.15) is 13.2 Å². The average Bonchev–Trinajstić information content (AvgIpc) is 2.28. The van der Waals surface area contributed by atoms with Crippen LogP contribution in [0.5, 0.6) is 0 Å². The Morgan fingerprint density at radius 3 is 2.65 bits per heavy atom. The second kappa shape index (κ2) is 6.43. The third-order valence-electron chi connectivity index (χ3n) is 3.73. The molecule has 3 atom stereocenters. The van der Waals surface area contributed by atoms with E-state index in [2.05, 4.69) is 6.58 Å². The van der Waals surface area contributed by atoms with E-state index in [1.807, 2.05) is 6.08 Å². The largest absolute Gasteiger partial charge is 0.391 e. The van der Waals surface area contributed by atoms with Crippen molar-refractivity contribution in [2.75, 3.05) is 0 Å². The molecule has 0 aromatic rings. The number of unbranched alkanes of at least 4 members (excludes halogenated alkanes) is 1. The smallest absolute Gasteiger partial charge is 0.327 e. The zero-order valence-electron chi connectivity index (χ0n) is 10.2. The average molecular weight is 249 g/mol. The van der Waals surface area contributed by atoms with Crippen LogP contribution in [-0.4, -0.2) is 12.2 Å². The van der Waals surface area contributed by atoms with Crippen molar-refractivity contribution in [2.24, 2.45) is 17.6 Å². The standard InChI is InChI=1S/C13H22F3N/c1-2-3-4-8-12(17)10-6-5-7-11(9-10)13(14,15)16/h2,10-12H,1,3-9,17H2. The Hall–Kier alpha value is -0.510. The van der Waals surface area contributed by atoms with Crippen molar-refractivity contribution < 1.29 is 13.2 Å². The predicted octanol–water partition coefficient (Wildman–Crippen LogP) is 4.04. The van der Waals surface area contributed by atoms with Gasteiger partial charge in [0.05, 0.1) is 5.92 Å². The molecule has 4 heteroatoms. The molecule has 1 rings (SSSR count). The summed E-state index contributed by atoms with van der Waals surface area (Å²) in [7, 11) is 0. The highest BCUT2D eigenvalue weighted by Crippen LogP contribution is 2.41. The van der Waals surface area contributed by atoms with Crippen molar-refractivity contribution in [3.8, 4) is 0 Å². The van der Waals surface area contributed by atoms with Crippen LogP contribution >= 0.6 is 0 Å². The molecule has 0 spiro atoms. The lowest BCUT2D eigenvalue weighted by atomic mass is 9.76. The summed E-state index contributed by atoms with van der Waals surface area (Å²) < 4.78 is 37.9. The molecule has 1 fully saturated rings. The first-order valence-corrected chi connectivity index (χ1v) is 6.38. The van der Waals surface area contributed by atoms with Gasteiger partial charge in [-0.3, -0.25) is 0 Å². The monoisotopic (exact) mass is 249 g/mol. The van der Waals surface area contributed by atoms with Gasteiger partial charge in [0, 0.05) is 6.04 Å². The lowest BCUT2D eigenvalue weighted by molar-refractivity contribution is -0.186. The van der Waals surface area contributed by atoms with Crippen LogP contribution in [0.25, 0.3) is 0 Å². The third kappa shape index (κ3) is 4.70. The highest BCUT2D eigenvalue weighted by atomic mass is 19.4. The highest BCUT2D eigenvalue weighted by molar-refractivity contribution is 4.83. The van der Waals surface area contributed by atoms with E-state index in [4.69, 9.17) is 5.73 Å². The highest BCUT2D eigenvalue weighted by Gasteiger charge is 2.42. The number of allylic oxidation sites excluding steroid dienone is 1. The molecule has 0 amide bonds. The Morgan fingerprint density at radius 1 is 1.35 bits per heavy atom. The van der Waals surface area contributed by atoms with Gasteiger partial charge in [0.25, 0.3) is 0 Å². The SMILES string of the molecule is C=CCCCC(N)C1CCCC(C(F)(F)F)C1. The fourth-order valence-corrected chi connectivity index (χ4v) is 2.65. The normalized spacial score (nSPS) is 27.8. The fourth-order valence-electron chi connectivity index (χ4n) is 2.65. The quantitative estimate of drug-likeness (QED) is 0.577. The number of nitrogens with two attached hydrogens (primary N) is 1. The number of hydrogen-bond acceptors (Lipinski definition) is 1. The molecule has 0 bridgehead atoms. The second-order valence-corrected chi connectivity index (χ2v) is 5.05. The predicted molar refractivity (Wildman–Crippen MR) is 63.5 cm³/mol. The van der Waals surface area contributed by atoms with Crippen molar-refractivity contribution in [1.82, 2.24) is 0 Å². The molecule has 0 aromatic heterocycles. The summed E-state index contributed by atoms with van der Waals surface area (Å²) in [4.78, 5) is 0. The molecule has 3 unspecified atom stereocenters. The van der Waals surface area contributed by atoms with Gasteiger partial charge >= 0.3 is 6.18 Å². The molecular weight excluding hydrogens is 227 g/mol. The Bertz CT molecular complexity index is 237. The van der Waals surface area contributed by atoms with Crippen LogP contribution in [0.4, 0.5) is 13.2 Å². The van der Waals surface area contributed by atoms with Crippen LogP contribution in [0.15, 0.2) is 12.7 Å². The van der Waals surface area contributed by atoms with Crippen LogP contribution in [-0.2, 0) is 0 Å². The fraction of sp³-hybridized carbons (Fsp3) is 0.846. The van der Waals surface area contributed by atoms with E-state index in [0.717, 1.165) is 25.7 Å². The minimum atomic E-state index is -4.04. The van der Waals surface area contributed by atoms with Gasteiger partial charge in [-0.25, -0.2) is 0 Å². The minimum Gasteiger partial charge on any atom is -0.327 e. The van der Waals surface area contributed by atoms with E-state index in [0.29, 0.717) is 6.42 Å². The van der Waals surface area contributed by atoms with E-state index < -0.39 is 12.1 Å². The first kappa shape index (κ1) is 14.6. The molecule has 17 heavy (non-hydrogen) atoms. The Balaban J connectivity index is 2.40. The summed E-state index contributed by atoms with van der Waals surface area (Å²) >= 11 is 0. The van der Waals surface area contributed by atoms with Gasteiger partial charge in [-0.05, 0) is 44.4 Å². The van der Waals surface area contributed by atoms with Crippen LogP contribution in [0, 0.1) is 11.8 Å². The molecule has 1 aliphatic rings. The Morgan fingerprint density at radius 2 is 2.06 bits per heavy atom. The van der Waals surface area contributed by atoms with E-state index in [-0.39, 0.29) is 24.8 Å². The first-order chi connectivity index (χ1) is 7.95. The second-order valence-electron chi connectivity index (χ2n) is 5.05. The van der Waals surface area contributed by atoms with Crippen molar-refractivity contribution in [3.63, 3.8) is 0 Å². The van der Waals surface area contributed by atoms with Crippen LogP contribution in [0.1, 0.15) is 44.9 Å². The molecular formula is C13H22F3N. The topological polar surface area (TPSA) is 26.0 Å². The lowest BCUT2D eigenvalue weighted by Gasteiger charge is -2.33. The number of alkyl halides is 3. The number of halogens is 3. The van der Waals surface area contributed by atoms with E-state index in [1.54, 1.807) is 0 Å². The van der Waals surface area contributed by atoms with Gasteiger partial charge in [-0.1, -0.05) is 12.5 Å². The molecule has 0 aliphatic heterocycles. The van der Waals surface area contributed by atoms with E-state index in [1.165, 1.54) is 0 Å². The molecule has 1 saturated carbocycles. The molecule has 2 N–H and O–H groups in total. The van der Waals surface area contributed by atoms with Gasteiger partial charge in [-0.15, -0.1) is 6.58 Å². The third-order valence-corrected chi connectivity index (χ3v) is 3.73. The van der Waals surface area contributed by atoms with Gasteiger partial charge in [0.15, 0.2) is 0 Å². The Labute approximate surface area is 101 Å². The summed E-state index contributed by atoms with van der Waals surface area (Å²) in [5, 5.41) is 0. The molecule has 100 valence electrons. The summed E-state index contributed by atoms with van der Waals surface area (Å²) in [6.07, 6.45) is 2.41. The van der Waals surface area contributed by atoms with Crippen LogP contribution in [0.2, 0.25) is 0 Å². The maximum Gasteiger partial charge on any atom is 0.391 e. The number of rotatable bonds is 5. The van der Waals surface area contributed by atoms with Crippen LogP contribution in [0.3, 0.4) is 0 Å². The van der Waals surface area contributed by atoms with Crippen molar-refractivity contribution in [2.45, 2.75) is 57.2 Å². The molecule has 0 heterocycles. The summed E-state index contributed by atoms with van der Waals surface area (Å²) in [5.74, 6) is -1.09. The molecule has 0 radical (unpaired) electrons. The van der Waals surface area contributed by atoms with E-state index >= 15 is 0 Å². The summed E-state index contributed by atoms with van der Waals surface area (Å²) in [5.41, 5.74) is 5.99. The zero-order chi connectivity index (χ0) is 12.9. The van der Waals surface area contributed by atoms with Crippen molar-refractivity contribution in [3.05, 3.63) is 12.7 Å². The minimum absolute atomic E-state index is 0.0418. The molecule has 1 nitrogen and oxygen atoms in total. The van der Waals surface area contributed by atoms with Gasteiger partial charge in [0.2, 0.25) is 0 Å². The summed E-state index contributed by atoms with van der Waals surface area (Å²) in [6, 6.07) is -0.0832. The molecule has 1 aliphatic carbocycles. The van der Waals surface area contributed by atoms with Crippen LogP contribution < -0.4 is 5.73 Å². The maximum atomic E-state index is 12.6. The number of hydrogen-bond donors (Lipinski definition) is 1. The molecule has 0 saturated heterocycles. The zero-order valence-corrected chi connectivity index (χ0v) is 10.2. The first-order valence-electron chi connectivity index (χ1n) is 6.38.